The number of carbonyl (C=O) groups is 1. The van der Waals surface area contributed by atoms with Crippen molar-refractivity contribution in [1.29, 1.82) is 0 Å². The Morgan fingerprint density at radius 2 is 2.09 bits per heavy atom. The molecule has 0 radical (unpaired) electrons. The van der Waals surface area contributed by atoms with Crippen molar-refractivity contribution in [2.24, 2.45) is 0 Å². The molecule has 6 nitrogen and oxygen atoms in total. The monoisotopic (exact) mass is 308 g/mol. The molecule has 7 heteroatoms. The molecule has 1 heterocycles. The van der Waals surface area contributed by atoms with E-state index in [-0.39, 0.29) is 23.9 Å². The molecule has 0 bridgehead atoms. The SMILES string of the molecule is O=C1CN(c2c(O)ccc(CNC3CCCCC3)c2F)NN1. The van der Waals surface area contributed by atoms with E-state index in [9.17, 15) is 14.3 Å². The molecule has 1 aromatic carbocycles. The van der Waals surface area contributed by atoms with E-state index in [1.807, 2.05) is 0 Å². The first-order chi connectivity index (χ1) is 10.6. The first-order valence-electron chi connectivity index (χ1n) is 7.71. The number of hydrogen-bond acceptors (Lipinski definition) is 5. The number of aromatic hydroxyl groups is 1. The molecule has 120 valence electrons. The summed E-state index contributed by atoms with van der Waals surface area (Å²) in [7, 11) is 0. The van der Waals surface area contributed by atoms with Crippen LogP contribution in [-0.4, -0.2) is 23.6 Å². The number of hydrazine groups is 2. The van der Waals surface area contributed by atoms with Crippen molar-refractivity contribution in [2.75, 3.05) is 11.6 Å². The highest BCUT2D eigenvalue weighted by Gasteiger charge is 2.26. The van der Waals surface area contributed by atoms with Gasteiger partial charge in [-0.1, -0.05) is 25.3 Å². The predicted molar refractivity (Wildman–Crippen MR) is 80.4 cm³/mol. The van der Waals surface area contributed by atoms with Crippen LogP contribution in [0.25, 0.3) is 0 Å². The highest BCUT2D eigenvalue weighted by Crippen LogP contribution is 2.32. The highest BCUT2D eigenvalue weighted by molar-refractivity contribution is 5.84. The Morgan fingerprint density at radius 1 is 1.32 bits per heavy atom. The van der Waals surface area contributed by atoms with Crippen LogP contribution in [0.1, 0.15) is 37.7 Å². The lowest BCUT2D eigenvalue weighted by Crippen LogP contribution is -2.37. The van der Waals surface area contributed by atoms with E-state index in [0.717, 1.165) is 12.8 Å². The minimum atomic E-state index is -0.507. The molecule has 2 aliphatic rings. The topological polar surface area (TPSA) is 76.6 Å². The van der Waals surface area contributed by atoms with Gasteiger partial charge in [0.05, 0.1) is 0 Å². The number of carbonyl (C=O) groups excluding carboxylic acids is 1. The zero-order valence-corrected chi connectivity index (χ0v) is 12.4. The summed E-state index contributed by atoms with van der Waals surface area (Å²) in [6, 6.07) is 3.47. The number of phenols is 1. The van der Waals surface area contributed by atoms with Crippen LogP contribution < -0.4 is 21.3 Å². The van der Waals surface area contributed by atoms with Crippen molar-refractivity contribution in [1.82, 2.24) is 16.3 Å². The maximum Gasteiger partial charge on any atom is 0.256 e. The maximum absolute atomic E-state index is 14.6. The zero-order chi connectivity index (χ0) is 15.5. The normalized spacial score (nSPS) is 19.5. The molecule has 1 amide bonds. The number of amides is 1. The number of hydrogen-bond donors (Lipinski definition) is 4. The van der Waals surface area contributed by atoms with Crippen molar-refractivity contribution in [3.05, 3.63) is 23.5 Å². The number of halogens is 1. The molecule has 4 N–H and O–H groups in total. The average molecular weight is 308 g/mol. The van der Waals surface area contributed by atoms with Crippen LogP contribution in [0.2, 0.25) is 0 Å². The average Bonchev–Trinajstić information content (AvgIpc) is 2.94. The lowest BCUT2D eigenvalue weighted by Gasteiger charge is -2.24. The van der Waals surface area contributed by atoms with Crippen LogP contribution >= 0.6 is 0 Å². The van der Waals surface area contributed by atoms with Gasteiger partial charge in [-0.05, 0) is 18.9 Å². The van der Waals surface area contributed by atoms with Crippen LogP contribution in [0.15, 0.2) is 12.1 Å². The lowest BCUT2D eigenvalue weighted by atomic mass is 9.95. The Hall–Kier alpha value is -1.86. The van der Waals surface area contributed by atoms with Gasteiger partial charge in [-0.15, -0.1) is 5.53 Å². The van der Waals surface area contributed by atoms with Crippen LogP contribution in [0.3, 0.4) is 0 Å². The van der Waals surface area contributed by atoms with Gasteiger partial charge < -0.3 is 10.4 Å². The van der Waals surface area contributed by atoms with Gasteiger partial charge in [0.15, 0.2) is 5.82 Å². The molecule has 3 rings (SSSR count). The first kappa shape index (κ1) is 15.1. The summed E-state index contributed by atoms with van der Waals surface area (Å²) >= 11 is 0. The molecular weight excluding hydrogens is 287 g/mol. The summed E-state index contributed by atoms with van der Waals surface area (Å²) in [5.74, 6) is -0.972. The number of nitrogens with one attached hydrogen (secondary N) is 3. The highest BCUT2D eigenvalue weighted by atomic mass is 19.1. The second-order valence-corrected chi connectivity index (χ2v) is 5.87. The molecule has 1 aliphatic carbocycles. The van der Waals surface area contributed by atoms with E-state index in [2.05, 4.69) is 16.3 Å². The molecule has 1 saturated carbocycles. The minimum absolute atomic E-state index is 0.00120. The molecule has 1 aliphatic heterocycles. The number of nitrogens with zero attached hydrogens (tertiary/aromatic N) is 1. The molecule has 0 spiro atoms. The quantitative estimate of drug-likeness (QED) is 0.675. The van der Waals surface area contributed by atoms with Gasteiger partial charge in [0.2, 0.25) is 0 Å². The lowest BCUT2D eigenvalue weighted by molar-refractivity contribution is -0.118. The summed E-state index contributed by atoms with van der Waals surface area (Å²) in [6.45, 7) is 0.378. The molecule has 0 atom stereocenters. The van der Waals surface area contributed by atoms with Crippen molar-refractivity contribution >= 4 is 11.6 Å². The van der Waals surface area contributed by atoms with Gasteiger partial charge in [-0.25, -0.2) is 4.39 Å². The molecule has 0 unspecified atom stereocenters. The van der Waals surface area contributed by atoms with Crippen LogP contribution in [0.5, 0.6) is 5.75 Å². The van der Waals surface area contributed by atoms with Gasteiger partial charge in [0.1, 0.15) is 18.0 Å². The second kappa shape index (κ2) is 6.50. The van der Waals surface area contributed by atoms with Crippen molar-refractivity contribution in [2.45, 2.75) is 44.7 Å². The van der Waals surface area contributed by atoms with E-state index in [4.69, 9.17) is 0 Å². The van der Waals surface area contributed by atoms with Gasteiger partial charge in [0.25, 0.3) is 5.91 Å². The summed E-state index contributed by atoms with van der Waals surface area (Å²) in [5.41, 5.74) is 5.41. The van der Waals surface area contributed by atoms with Crippen molar-refractivity contribution in [3.8, 4) is 5.75 Å². The fourth-order valence-corrected chi connectivity index (χ4v) is 3.04. The van der Waals surface area contributed by atoms with Crippen molar-refractivity contribution in [3.63, 3.8) is 0 Å². The summed E-state index contributed by atoms with van der Waals surface area (Å²) in [5, 5.41) is 14.6. The predicted octanol–water partition coefficient (Wildman–Crippen LogP) is 1.31. The number of rotatable bonds is 4. The first-order valence-corrected chi connectivity index (χ1v) is 7.71. The third-order valence-electron chi connectivity index (χ3n) is 4.26. The van der Waals surface area contributed by atoms with E-state index < -0.39 is 5.82 Å². The molecule has 1 aromatic rings. The van der Waals surface area contributed by atoms with E-state index in [0.29, 0.717) is 18.2 Å². The smallest absolute Gasteiger partial charge is 0.256 e. The Balaban J connectivity index is 1.73. The molecule has 2 fully saturated rings. The summed E-state index contributed by atoms with van der Waals surface area (Å²) in [4.78, 5) is 11.2. The van der Waals surface area contributed by atoms with Gasteiger partial charge in [0, 0.05) is 18.2 Å². The number of benzene rings is 1. The Kier molecular flexibility index (Phi) is 4.44. The fourth-order valence-electron chi connectivity index (χ4n) is 3.04. The third-order valence-corrected chi connectivity index (χ3v) is 4.26. The van der Waals surface area contributed by atoms with E-state index in [1.54, 1.807) is 6.07 Å². The van der Waals surface area contributed by atoms with Crippen LogP contribution in [0, 0.1) is 5.82 Å². The second-order valence-electron chi connectivity index (χ2n) is 5.87. The Labute approximate surface area is 128 Å². The zero-order valence-electron chi connectivity index (χ0n) is 12.4. The molecular formula is C15H21FN4O2. The van der Waals surface area contributed by atoms with E-state index >= 15 is 0 Å². The van der Waals surface area contributed by atoms with Crippen molar-refractivity contribution < 1.29 is 14.3 Å². The van der Waals surface area contributed by atoms with Gasteiger partial charge in [-0.3, -0.25) is 15.2 Å². The Morgan fingerprint density at radius 3 is 2.77 bits per heavy atom. The number of anilines is 1. The maximum atomic E-state index is 14.6. The third kappa shape index (κ3) is 3.15. The molecule has 1 saturated heterocycles. The molecule has 0 aromatic heterocycles. The van der Waals surface area contributed by atoms with Gasteiger partial charge >= 0.3 is 0 Å². The number of phenolic OH excluding ortho intramolecular Hbond substituents is 1. The standard InChI is InChI=1S/C15H21FN4O2/c16-14-10(8-17-11-4-2-1-3-5-11)6-7-12(21)15(14)20-9-13(22)18-19-20/h6-7,11,17,19,21H,1-5,8-9H2,(H,18,22). The summed E-state index contributed by atoms with van der Waals surface area (Å²) in [6.07, 6.45) is 5.95. The fraction of sp³-hybridized carbons (Fsp3) is 0.533. The minimum Gasteiger partial charge on any atom is -0.506 e. The van der Waals surface area contributed by atoms with Crippen LogP contribution in [-0.2, 0) is 11.3 Å². The van der Waals surface area contributed by atoms with E-state index in [1.165, 1.54) is 30.3 Å². The molecule has 22 heavy (non-hydrogen) atoms. The largest absolute Gasteiger partial charge is 0.506 e. The summed E-state index contributed by atoms with van der Waals surface area (Å²) < 4.78 is 14.6. The Bertz CT molecular complexity index is 561. The van der Waals surface area contributed by atoms with Crippen LogP contribution in [0.4, 0.5) is 10.1 Å². The van der Waals surface area contributed by atoms with Gasteiger partial charge in [-0.2, -0.15) is 0 Å².